The van der Waals surface area contributed by atoms with E-state index < -0.39 is 0 Å². The summed E-state index contributed by atoms with van der Waals surface area (Å²) in [6.45, 7) is 0. The molecule has 0 aliphatic heterocycles. The van der Waals surface area contributed by atoms with E-state index in [1.54, 1.807) is 12.1 Å². The van der Waals surface area contributed by atoms with Gasteiger partial charge in [-0.1, -0.05) is 48.5 Å². The summed E-state index contributed by atoms with van der Waals surface area (Å²) < 4.78 is 0. The predicted molar refractivity (Wildman–Crippen MR) is 86.1 cm³/mol. The maximum Gasteiger partial charge on any atom is 0.251 e. The van der Waals surface area contributed by atoms with Crippen LogP contribution < -0.4 is 11.1 Å². The Labute approximate surface area is 130 Å². The van der Waals surface area contributed by atoms with E-state index in [2.05, 4.69) is 5.32 Å². The van der Waals surface area contributed by atoms with Gasteiger partial charge >= 0.3 is 0 Å². The van der Waals surface area contributed by atoms with E-state index in [1.165, 1.54) is 0 Å². The average molecular weight is 296 g/mol. The van der Waals surface area contributed by atoms with Crippen molar-refractivity contribution >= 4 is 11.8 Å². The molecular formula is C18H20N2O2. The zero-order valence-corrected chi connectivity index (χ0v) is 12.4. The molecule has 0 aliphatic rings. The van der Waals surface area contributed by atoms with Gasteiger partial charge in [0.05, 0.1) is 6.04 Å². The van der Waals surface area contributed by atoms with Crippen molar-refractivity contribution in [2.75, 3.05) is 0 Å². The molecule has 114 valence electrons. The first kappa shape index (κ1) is 15.8. The molecule has 0 saturated carbocycles. The van der Waals surface area contributed by atoms with Crippen molar-refractivity contribution in [3.63, 3.8) is 0 Å². The fraction of sp³-hybridized carbons (Fsp3) is 0.222. The number of benzene rings is 2. The Morgan fingerprint density at radius 1 is 0.955 bits per heavy atom. The summed E-state index contributed by atoms with van der Waals surface area (Å²) >= 11 is 0. The number of amides is 2. The molecule has 0 fully saturated rings. The summed E-state index contributed by atoms with van der Waals surface area (Å²) in [5.41, 5.74) is 6.83. The fourth-order valence-corrected chi connectivity index (χ4v) is 2.32. The van der Waals surface area contributed by atoms with Gasteiger partial charge in [0.2, 0.25) is 5.91 Å². The van der Waals surface area contributed by atoms with Crippen molar-refractivity contribution < 1.29 is 9.59 Å². The molecular weight excluding hydrogens is 276 g/mol. The third-order valence-corrected chi connectivity index (χ3v) is 3.46. The molecule has 3 N–H and O–H groups in total. The van der Waals surface area contributed by atoms with Gasteiger partial charge in [0.15, 0.2) is 0 Å². The van der Waals surface area contributed by atoms with E-state index in [0.717, 1.165) is 5.56 Å². The molecule has 1 atom stereocenters. The Morgan fingerprint density at radius 2 is 1.55 bits per heavy atom. The van der Waals surface area contributed by atoms with E-state index in [9.17, 15) is 9.59 Å². The van der Waals surface area contributed by atoms with Gasteiger partial charge in [0, 0.05) is 12.0 Å². The Morgan fingerprint density at radius 3 is 2.14 bits per heavy atom. The highest BCUT2D eigenvalue weighted by molar-refractivity contribution is 5.94. The van der Waals surface area contributed by atoms with Gasteiger partial charge in [-0.05, 0) is 30.5 Å². The molecule has 4 heteroatoms. The SMILES string of the molecule is NC(=O)CCCC(NC(=O)c1ccccc1)c1ccccc1. The Balaban J connectivity index is 2.07. The standard InChI is InChI=1S/C18H20N2O2/c19-17(21)13-7-12-16(14-8-3-1-4-9-14)20-18(22)15-10-5-2-6-11-15/h1-6,8-11,16H,7,12-13H2,(H2,19,21)(H,20,22). The molecule has 0 saturated heterocycles. The lowest BCUT2D eigenvalue weighted by atomic mass is 10.0. The molecule has 0 aliphatic carbocycles. The van der Waals surface area contributed by atoms with E-state index in [-0.39, 0.29) is 17.9 Å². The molecule has 2 amide bonds. The summed E-state index contributed by atoms with van der Waals surface area (Å²) in [6, 6.07) is 18.7. The molecule has 2 aromatic carbocycles. The van der Waals surface area contributed by atoms with Gasteiger partial charge in [0.1, 0.15) is 0 Å². The highest BCUT2D eigenvalue weighted by Gasteiger charge is 2.15. The largest absolute Gasteiger partial charge is 0.370 e. The van der Waals surface area contributed by atoms with Crippen LogP contribution in [0.25, 0.3) is 0 Å². The molecule has 1 unspecified atom stereocenters. The second kappa shape index (κ2) is 7.98. The van der Waals surface area contributed by atoms with Crippen molar-refractivity contribution in [3.8, 4) is 0 Å². The number of nitrogens with two attached hydrogens (primary N) is 1. The van der Waals surface area contributed by atoms with E-state index >= 15 is 0 Å². The number of hydrogen-bond donors (Lipinski definition) is 2. The first-order valence-corrected chi connectivity index (χ1v) is 7.36. The van der Waals surface area contributed by atoms with Crippen LogP contribution in [0.4, 0.5) is 0 Å². The van der Waals surface area contributed by atoms with Crippen molar-refractivity contribution in [1.82, 2.24) is 5.32 Å². The molecule has 2 rings (SSSR count). The third kappa shape index (κ3) is 4.74. The van der Waals surface area contributed by atoms with Gasteiger partial charge < -0.3 is 11.1 Å². The van der Waals surface area contributed by atoms with Gasteiger partial charge in [-0.3, -0.25) is 9.59 Å². The Kier molecular flexibility index (Phi) is 5.72. The Bertz CT molecular complexity index is 611. The molecule has 22 heavy (non-hydrogen) atoms. The van der Waals surface area contributed by atoms with Crippen LogP contribution in [0.15, 0.2) is 60.7 Å². The average Bonchev–Trinajstić information content (AvgIpc) is 2.55. The van der Waals surface area contributed by atoms with Crippen LogP contribution in [0.1, 0.15) is 41.2 Å². The summed E-state index contributed by atoms with van der Waals surface area (Å²) in [5.74, 6) is -0.435. The maximum absolute atomic E-state index is 12.3. The van der Waals surface area contributed by atoms with E-state index in [0.29, 0.717) is 24.8 Å². The van der Waals surface area contributed by atoms with Crippen LogP contribution in [0.5, 0.6) is 0 Å². The fourth-order valence-electron chi connectivity index (χ4n) is 2.32. The zero-order chi connectivity index (χ0) is 15.8. The molecule has 0 spiro atoms. The van der Waals surface area contributed by atoms with Crippen molar-refractivity contribution in [3.05, 3.63) is 71.8 Å². The lowest BCUT2D eigenvalue weighted by molar-refractivity contribution is -0.118. The lowest BCUT2D eigenvalue weighted by Crippen LogP contribution is -2.28. The number of primary amides is 1. The summed E-state index contributed by atoms with van der Waals surface area (Å²) in [7, 11) is 0. The van der Waals surface area contributed by atoms with Gasteiger partial charge in [-0.25, -0.2) is 0 Å². The summed E-state index contributed by atoms with van der Waals surface area (Å²) in [5, 5.41) is 3.03. The highest BCUT2D eigenvalue weighted by atomic mass is 16.2. The molecule has 0 bridgehead atoms. The minimum Gasteiger partial charge on any atom is -0.370 e. The van der Waals surface area contributed by atoms with Gasteiger partial charge in [-0.15, -0.1) is 0 Å². The molecule has 4 nitrogen and oxygen atoms in total. The summed E-state index contributed by atoms with van der Waals surface area (Å²) in [6.07, 6.45) is 1.64. The summed E-state index contributed by atoms with van der Waals surface area (Å²) in [4.78, 5) is 23.2. The molecule has 0 radical (unpaired) electrons. The normalized spacial score (nSPS) is 11.6. The van der Waals surface area contributed by atoms with Crippen LogP contribution in [0, 0.1) is 0 Å². The van der Waals surface area contributed by atoms with Gasteiger partial charge in [-0.2, -0.15) is 0 Å². The van der Waals surface area contributed by atoms with Crippen molar-refractivity contribution in [2.45, 2.75) is 25.3 Å². The predicted octanol–water partition coefficient (Wildman–Crippen LogP) is 2.81. The van der Waals surface area contributed by atoms with Crippen LogP contribution >= 0.6 is 0 Å². The number of rotatable bonds is 7. The number of carbonyl (C=O) groups excluding carboxylic acids is 2. The van der Waals surface area contributed by atoms with Crippen LogP contribution in [0.3, 0.4) is 0 Å². The lowest BCUT2D eigenvalue weighted by Gasteiger charge is -2.19. The number of carbonyl (C=O) groups is 2. The van der Waals surface area contributed by atoms with E-state index in [4.69, 9.17) is 5.73 Å². The monoisotopic (exact) mass is 296 g/mol. The van der Waals surface area contributed by atoms with Gasteiger partial charge in [0.25, 0.3) is 5.91 Å². The maximum atomic E-state index is 12.3. The first-order chi connectivity index (χ1) is 10.7. The number of hydrogen-bond acceptors (Lipinski definition) is 2. The number of nitrogens with one attached hydrogen (secondary N) is 1. The highest BCUT2D eigenvalue weighted by Crippen LogP contribution is 2.20. The van der Waals surface area contributed by atoms with Crippen molar-refractivity contribution in [1.29, 1.82) is 0 Å². The van der Waals surface area contributed by atoms with Crippen LogP contribution in [-0.2, 0) is 4.79 Å². The minimum absolute atomic E-state index is 0.117. The smallest absolute Gasteiger partial charge is 0.251 e. The quantitative estimate of drug-likeness (QED) is 0.824. The minimum atomic E-state index is -0.318. The first-order valence-electron chi connectivity index (χ1n) is 7.36. The topological polar surface area (TPSA) is 72.2 Å². The second-order valence-electron chi connectivity index (χ2n) is 5.16. The van der Waals surface area contributed by atoms with Crippen LogP contribution in [0.2, 0.25) is 0 Å². The van der Waals surface area contributed by atoms with Crippen molar-refractivity contribution in [2.24, 2.45) is 5.73 Å². The second-order valence-corrected chi connectivity index (χ2v) is 5.16. The Hall–Kier alpha value is -2.62. The molecule has 2 aromatic rings. The molecule has 0 aromatic heterocycles. The van der Waals surface area contributed by atoms with E-state index in [1.807, 2.05) is 48.5 Å². The molecule has 0 heterocycles. The third-order valence-electron chi connectivity index (χ3n) is 3.46. The zero-order valence-electron chi connectivity index (χ0n) is 12.4. The van der Waals surface area contributed by atoms with Crippen LogP contribution in [-0.4, -0.2) is 11.8 Å².